The molecule has 1 saturated heterocycles. The molecular weight excluding hydrogens is 200 g/mol. The van der Waals surface area contributed by atoms with E-state index < -0.39 is 0 Å². The quantitative estimate of drug-likeness (QED) is 0.596. The summed E-state index contributed by atoms with van der Waals surface area (Å²) < 4.78 is 0. The van der Waals surface area contributed by atoms with E-state index in [0.717, 1.165) is 11.4 Å². The Bertz CT molecular complexity index is 437. The molecule has 70 valence electrons. The third kappa shape index (κ3) is 0.859. The average Bonchev–Trinajstić information content (AvgIpc) is 2.72. The SMILES string of the molecule is C=C1CSC2=NC(=O)C3=CN=NC3N12. The van der Waals surface area contributed by atoms with Crippen molar-refractivity contribution >= 4 is 22.8 Å². The Morgan fingerprint density at radius 2 is 2.50 bits per heavy atom. The summed E-state index contributed by atoms with van der Waals surface area (Å²) in [6.07, 6.45) is 1.17. The van der Waals surface area contributed by atoms with E-state index in [9.17, 15) is 4.79 Å². The van der Waals surface area contributed by atoms with Gasteiger partial charge in [0.05, 0.1) is 11.8 Å². The summed E-state index contributed by atoms with van der Waals surface area (Å²) >= 11 is 1.51. The van der Waals surface area contributed by atoms with Gasteiger partial charge in [0.15, 0.2) is 11.3 Å². The number of azo groups is 1. The number of rotatable bonds is 0. The van der Waals surface area contributed by atoms with Crippen molar-refractivity contribution in [2.24, 2.45) is 15.2 Å². The van der Waals surface area contributed by atoms with Crippen LogP contribution in [0.25, 0.3) is 0 Å². The van der Waals surface area contributed by atoms with Crippen LogP contribution in [0.1, 0.15) is 0 Å². The Morgan fingerprint density at radius 1 is 1.64 bits per heavy atom. The van der Waals surface area contributed by atoms with Gasteiger partial charge in [0, 0.05) is 11.4 Å². The monoisotopic (exact) mass is 206 g/mol. The van der Waals surface area contributed by atoms with Crippen LogP contribution in [0.15, 0.2) is 39.3 Å². The highest BCUT2D eigenvalue weighted by Gasteiger charge is 2.41. The van der Waals surface area contributed by atoms with Gasteiger partial charge in [0.25, 0.3) is 5.91 Å². The first kappa shape index (κ1) is 7.93. The largest absolute Gasteiger partial charge is 0.295 e. The molecule has 0 aromatic carbocycles. The molecule has 0 saturated carbocycles. The molecule has 1 fully saturated rings. The molecule has 0 N–H and O–H groups in total. The summed E-state index contributed by atoms with van der Waals surface area (Å²) in [6, 6.07) is 0. The van der Waals surface area contributed by atoms with Crippen LogP contribution in [0.3, 0.4) is 0 Å². The highest BCUT2D eigenvalue weighted by molar-refractivity contribution is 8.14. The molecule has 3 rings (SSSR count). The van der Waals surface area contributed by atoms with Gasteiger partial charge in [-0.1, -0.05) is 18.3 Å². The minimum atomic E-state index is -0.308. The number of amidine groups is 1. The average molecular weight is 206 g/mol. The van der Waals surface area contributed by atoms with Crippen LogP contribution >= 0.6 is 11.8 Å². The normalized spacial score (nSPS) is 28.9. The van der Waals surface area contributed by atoms with Crippen LogP contribution in [0, 0.1) is 0 Å². The van der Waals surface area contributed by atoms with E-state index in [1.165, 1.54) is 18.0 Å². The highest BCUT2D eigenvalue weighted by Crippen LogP contribution is 2.36. The fourth-order valence-electron chi connectivity index (χ4n) is 1.58. The van der Waals surface area contributed by atoms with Gasteiger partial charge < -0.3 is 0 Å². The van der Waals surface area contributed by atoms with Crippen LogP contribution in [-0.4, -0.2) is 27.9 Å². The second kappa shape index (κ2) is 2.54. The lowest BCUT2D eigenvalue weighted by Crippen LogP contribution is -2.39. The maximum absolute atomic E-state index is 11.5. The lowest BCUT2D eigenvalue weighted by molar-refractivity contribution is -0.115. The van der Waals surface area contributed by atoms with E-state index in [-0.39, 0.29) is 12.1 Å². The fourth-order valence-corrected chi connectivity index (χ4v) is 2.53. The Labute approximate surface area is 84.3 Å². The Hall–Kier alpha value is -1.43. The third-order valence-electron chi connectivity index (χ3n) is 2.25. The Kier molecular flexibility index (Phi) is 1.44. The predicted molar refractivity (Wildman–Crippen MR) is 52.6 cm³/mol. The lowest BCUT2D eigenvalue weighted by Gasteiger charge is -2.27. The van der Waals surface area contributed by atoms with Gasteiger partial charge in [-0.15, -0.1) is 0 Å². The molecule has 1 unspecified atom stereocenters. The van der Waals surface area contributed by atoms with Gasteiger partial charge in [-0.2, -0.15) is 15.2 Å². The van der Waals surface area contributed by atoms with Gasteiger partial charge in [0.2, 0.25) is 0 Å². The molecule has 0 aromatic rings. The number of aliphatic imine (C=N–C) groups is 1. The zero-order chi connectivity index (χ0) is 9.71. The van der Waals surface area contributed by atoms with Gasteiger partial charge in [-0.3, -0.25) is 9.69 Å². The Balaban J connectivity index is 2.14. The Morgan fingerprint density at radius 3 is 3.36 bits per heavy atom. The first-order chi connectivity index (χ1) is 6.77. The van der Waals surface area contributed by atoms with E-state index in [1.807, 2.05) is 4.90 Å². The lowest BCUT2D eigenvalue weighted by atomic mass is 10.2. The highest BCUT2D eigenvalue weighted by atomic mass is 32.2. The number of amides is 1. The maximum Gasteiger partial charge on any atom is 0.281 e. The first-order valence-electron chi connectivity index (χ1n) is 4.10. The summed E-state index contributed by atoms with van der Waals surface area (Å²) in [5.41, 5.74) is 1.47. The summed E-state index contributed by atoms with van der Waals surface area (Å²) in [6.45, 7) is 3.91. The number of hydrogen-bond acceptors (Lipinski definition) is 5. The van der Waals surface area contributed by atoms with E-state index in [4.69, 9.17) is 0 Å². The van der Waals surface area contributed by atoms with Crippen molar-refractivity contribution in [3.8, 4) is 0 Å². The van der Waals surface area contributed by atoms with Crippen LogP contribution < -0.4 is 0 Å². The van der Waals surface area contributed by atoms with E-state index in [0.29, 0.717) is 10.7 Å². The van der Waals surface area contributed by atoms with Crippen molar-refractivity contribution in [1.82, 2.24) is 4.90 Å². The number of fused-ring (bicyclic) bond motifs is 3. The second-order valence-electron chi connectivity index (χ2n) is 3.11. The minimum Gasteiger partial charge on any atom is -0.295 e. The maximum atomic E-state index is 11.5. The van der Waals surface area contributed by atoms with Crippen LogP contribution in [-0.2, 0) is 4.79 Å². The van der Waals surface area contributed by atoms with Crippen molar-refractivity contribution in [2.45, 2.75) is 6.17 Å². The predicted octanol–water partition coefficient (Wildman–Crippen LogP) is 1.12. The van der Waals surface area contributed by atoms with Crippen LogP contribution in [0.5, 0.6) is 0 Å². The topological polar surface area (TPSA) is 57.4 Å². The van der Waals surface area contributed by atoms with Gasteiger partial charge >= 0.3 is 0 Å². The molecule has 3 aliphatic heterocycles. The fraction of sp³-hybridized carbons (Fsp3) is 0.250. The molecule has 1 atom stereocenters. The van der Waals surface area contributed by atoms with Crippen molar-refractivity contribution in [2.75, 3.05) is 5.75 Å². The number of carbonyl (C=O) groups excluding carboxylic acids is 1. The summed E-state index contributed by atoms with van der Waals surface area (Å²) in [5.74, 6) is 0.541. The summed E-state index contributed by atoms with van der Waals surface area (Å²) in [4.78, 5) is 17.3. The van der Waals surface area contributed by atoms with Crippen molar-refractivity contribution in [3.05, 3.63) is 24.0 Å². The molecule has 0 radical (unpaired) electrons. The van der Waals surface area contributed by atoms with E-state index in [1.54, 1.807) is 0 Å². The first-order valence-corrected chi connectivity index (χ1v) is 5.09. The summed E-state index contributed by atoms with van der Waals surface area (Å²) in [7, 11) is 0. The molecule has 14 heavy (non-hydrogen) atoms. The van der Waals surface area contributed by atoms with Crippen LogP contribution in [0.4, 0.5) is 0 Å². The molecule has 1 amide bonds. The standard InChI is InChI=1S/C8H6N4OS/c1-4-3-14-8-10-7(13)5-2-9-11-6(5)12(4)8/h2,6H,1,3H2. The van der Waals surface area contributed by atoms with Crippen molar-refractivity contribution in [1.29, 1.82) is 0 Å². The molecule has 0 aliphatic carbocycles. The van der Waals surface area contributed by atoms with Crippen LogP contribution in [0.2, 0.25) is 0 Å². The number of carbonyl (C=O) groups is 1. The second-order valence-corrected chi connectivity index (χ2v) is 4.06. The molecule has 3 aliphatic rings. The molecule has 6 heteroatoms. The molecule has 0 aromatic heterocycles. The van der Waals surface area contributed by atoms with Crippen molar-refractivity contribution < 1.29 is 4.79 Å². The molecule has 0 spiro atoms. The molecule has 5 nitrogen and oxygen atoms in total. The molecule has 3 heterocycles. The third-order valence-corrected chi connectivity index (χ3v) is 3.28. The molecule has 0 bridgehead atoms. The number of nitrogens with zero attached hydrogens (tertiary/aromatic N) is 4. The number of thioether (sulfide) groups is 1. The smallest absolute Gasteiger partial charge is 0.281 e. The van der Waals surface area contributed by atoms with Gasteiger partial charge in [-0.25, -0.2) is 0 Å². The van der Waals surface area contributed by atoms with Gasteiger partial charge in [-0.05, 0) is 0 Å². The van der Waals surface area contributed by atoms with Gasteiger partial charge in [0.1, 0.15) is 0 Å². The number of hydrogen-bond donors (Lipinski definition) is 0. The molecular formula is C8H6N4OS. The zero-order valence-corrected chi connectivity index (χ0v) is 7.99. The van der Waals surface area contributed by atoms with E-state index >= 15 is 0 Å². The van der Waals surface area contributed by atoms with E-state index in [2.05, 4.69) is 21.8 Å². The van der Waals surface area contributed by atoms with Crippen molar-refractivity contribution in [3.63, 3.8) is 0 Å². The zero-order valence-electron chi connectivity index (χ0n) is 7.17. The minimum absolute atomic E-state index is 0.228. The summed E-state index contributed by atoms with van der Waals surface area (Å²) in [5, 5.41) is 8.43.